The number of Topliss-reactive ketones (excluding diaryl/α,β-unsaturated/α-hetero) is 1. The van der Waals surface area contributed by atoms with Crippen molar-refractivity contribution in [1.82, 2.24) is 14.0 Å². The fourth-order valence-electron chi connectivity index (χ4n) is 2.42. The molecule has 24 heavy (non-hydrogen) atoms. The van der Waals surface area contributed by atoms with Gasteiger partial charge in [-0.3, -0.25) is 23.6 Å². The number of nitrogens with zero attached hydrogens (tertiary/aromatic N) is 3. The standard InChI is InChI=1S/C16H19BrN4O3/c1-19(8-10-6-4-5-7-11(10)17)9-12(22)13-14(18)20(2)16(24)21(3)15(13)23/h4-7H,8-9,18H2,1-3H3. The van der Waals surface area contributed by atoms with E-state index in [9.17, 15) is 14.4 Å². The third-order valence-electron chi connectivity index (χ3n) is 3.80. The van der Waals surface area contributed by atoms with Gasteiger partial charge in [0.05, 0.1) is 6.54 Å². The van der Waals surface area contributed by atoms with Crippen LogP contribution in [0.5, 0.6) is 0 Å². The predicted octanol–water partition coefficient (Wildman–Crippen LogP) is 0.743. The molecule has 2 rings (SSSR count). The van der Waals surface area contributed by atoms with Crippen LogP contribution in [0.15, 0.2) is 38.3 Å². The van der Waals surface area contributed by atoms with E-state index in [1.165, 1.54) is 14.1 Å². The molecule has 0 bridgehead atoms. The van der Waals surface area contributed by atoms with Crippen molar-refractivity contribution in [1.29, 1.82) is 0 Å². The first-order chi connectivity index (χ1) is 11.2. The van der Waals surface area contributed by atoms with Gasteiger partial charge in [0, 0.05) is 25.1 Å². The summed E-state index contributed by atoms with van der Waals surface area (Å²) in [7, 11) is 4.53. The quantitative estimate of drug-likeness (QED) is 0.755. The summed E-state index contributed by atoms with van der Waals surface area (Å²) in [5.41, 5.74) is 5.45. The van der Waals surface area contributed by atoms with Crippen LogP contribution in [0.4, 0.5) is 5.82 Å². The van der Waals surface area contributed by atoms with Crippen molar-refractivity contribution < 1.29 is 4.79 Å². The van der Waals surface area contributed by atoms with Gasteiger partial charge in [0.15, 0.2) is 5.78 Å². The molecule has 2 N–H and O–H groups in total. The van der Waals surface area contributed by atoms with Gasteiger partial charge in [-0.2, -0.15) is 0 Å². The number of hydrogen-bond acceptors (Lipinski definition) is 5. The van der Waals surface area contributed by atoms with E-state index in [0.29, 0.717) is 6.54 Å². The van der Waals surface area contributed by atoms with Crippen molar-refractivity contribution in [2.45, 2.75) is 6.54 Å². The zero-order valence-electron chi connectivity index (χ0n) is 13.7. The second-order valence-corrected chi connectivity index (χ2v) is 6.51. The Morgan fingerprint density at radius 2 is 1.83 bits per heavy atom. The number of carbonyl (C=O) groups is 1. The minimum atomic E-state index is -0.671. The van der Waals surface area contributed by atoms with Crippen molar-refractivity contribution in [3.8, 4) is 0 Å². The van der Waals surface area contributed by atoms with Crippen LogP contribution in [-0.4, -0.2) is 33.4 Å². The lowest BCUT2D eigenvalue weighted by molar-refractivity contribution is 0.0941. The lowest BCUT2D eigenvalue weighted by atomic mass is 10.1. The van der Waals surface area contributed by atoms with Crippen LogP contribution in [0.2, 0.25) is 0 Å². The average molecular weight is 395 g/mol. The van der Waals surface area contributed by atoms with E-state index < -0.39 is 17.0 Å². The van der Waals surface area contributed by atoms with Crippen molar-refractivity contribution in [2.24, 2.45) is 14.1 Å². The first-order valence-electron chi connectivity index (χ1n) is 7.24. The largest absolute Gasteiger partial charge is 0.384 e. The topological polar surface area (TPSA) is 90.3 Å². The summed E-state index contributed by atoms with van der Waals surface area (Å²) in [4.78, 5) is 38.3. The lowest BCUT2D eigenvalue weighted by Gasteiger charge is -2.18. The molecule has 1 aromatic heterocycles. The molecule has 2 aromatic rings. The highest BCUT2D eigenvalue weighted by Gasteiger charge is 2.21. The Bertz CT molecular complexity index is 901. The van der Waals surface area contributed by atoms with Crippen LogP contribution < -0.4 is 17.0 Å². The molecule has 7 nitrogen and oxygen atoms in total. The maximum absolute atomic E-state index is 12.5. The smallest absolute Gasteiger partial charge is 0.332 e. The molecule has 0 atom stereocenters. The van der Waals surface area contributed by atoms with Crippen LogP contribution in [0.1, 0.15) is 15.9 Å². The van der Waals surface area contributed by atoms with Gasteiger partial charge >= 0.3 is 5.69 Å². The molecular formula is C16H19BrN4O3. The number of ketones is 1. The third kappa shape index (κ3) is 3.49. The Hall–Kier alpha value is -2.19. The first kappa shape index (κ1) is 18.2. The number of aromatic nitrogens is 2. The summed E-state index contributed by atoms with van der Waals surface area (Å²) >= 11 is 3.46. The van der Waals surface area contributed by atoms with E-state index in [1.54, 1.807) is 11.9 Å². The molecule has 0 unspecified atom stereocenters. The molecule has 0 aliphatic heterocycles. The Kier molecular flexibility index (Phi) is 5.40. The minimum Gasteiger partial charge on any atom is -0.384 e. The molecule has 0 amide bonds. The Balaban J connectivity index is 2.26. The van der Waals surface area contributed by atoms with Crippen LogP contribution in [0.3, 0.4) is 0 Å². The number of hydrogen-bond donors (Lipinski definition) is 1. The second-order valence-electron chi connectivity index (χ2n) is 5.65. The highest BCUT2D eigenvalue weighted by atomic mass is 79.9. The lowest BCUT2D eigenvalue weighted by Crippen LogP contribution is -2.43. The molecule has 0 saturated carbocycles. The summed E-state index contributed by atoms with van der Waals surface area (Å²) in [6.45, 7) is 0.540. The van der Waals surface area contributed by atoms with Gasteiger partial charge in [-0.15, -0.1) is 0 Å². The molecule has 128 valence electrons. The number of halogens is 1. The van der Waals surface area contributed by atoms with E-state index in [4.69, 9.17) is 5.73 Å². The maximum atomic E-state index is 12.5. The number of rotatable bonds is 5. The molecule has 1 heterocycles. The third-order valence-corrected chi connectivity index (χ3v) is 4.57. The number of benzene rings is 1. The van der Waals surface area contributed by atoms with Crippen molar-refractivity contribution >= 4 is 27.5 Å². The Morgan fingerprint density at radius 3 is 2.46 bits per heavy atom. The van der Waals surface area contributed by atoms with Gasteiger partial charge in [0.1, 0.15) is 11.4 Å². The summed E-state index contributed by atoms with van der Waals surface area (Å²) < 4.78 is 2.93. The van der Waals surface area contributed by atoms with Gasteiger partial charge in [0.2, 0.25) is 0 Å². The highest BCUT2D eigenvalue weighted by Crippen LogP contribution is 2.17. The molecule has 0 aliphatic carbocycles. The van der Waals surface area contributed by atoms with Crippen LogP contribution in [-0.2, 0) is 20.6 Å². The van der Waals surface area contributed by atoms with Crippen LogP contribution in [0.25, 0.3) is 0 Å². The van der Waals surface area contributed by atoms with Crippen molar-refractivity contribution in [3.63, 3.8) is 0 Å². The summed E-state index contributed by atoms with van der Waals surface area (Å²) in [6.07, 6.45) is 0. The molecular weight excluding hydrogens is 376 g/mol. The van der Waals surface area contributed by atoms with E-state index in [1.807, 2.05) is 24.3 Å². The minimum absolute atomic E-state index is 0.0129. The van der Waals surface area contributed by atoms with Crippen LogP contribution in [0, 0.1) is 0 Å². The van der Waals surface area contributed by atoms with Crippen molar-refractivity contribution in [3.05, 3.63) is 60.7 Å². The van der Waals surface area contributed by atoms with Gasteiger partial charge in [-0.05, 0) is 18.7 Å². The molecule has 0 radical (unpaired) electrons. The molecule has 0 aliphatic rings. The number of carbonyl (C=O) groups excluding carboxylic acids is 1. The fourth-order valence-corrected chi connectivity index (χ4v) is 2.83. The molecule has 0 fully saturated rings. The fraction of sp³-hybridized carbons (Fsp3) is 0.312. The monoisotopic (exact) mass is 394 g/mol. The maximum Gasteiger partial charge on any atom is 0.332 e. The molecule has 8 heteroatoms. The van der Waals surface area contributed by atoms with E-state index in [2.05, 4.69) is 15.9 Å². The molecule has 0 saturated heterocycles. The molecule has 0 spiro atoms. The number of nitrogen functional groups attached to an aromatic ring is 1. The Morgan fingerprint density at radius 1 is 1.21 bits per heavy atom. The second kappa shape index (κ2) is 7.14. The van der Waals surface area contributed by atoms with Gasteiger partial charge in [-0.25, -0.2) is 4.79 Å². The highest BCUT2D eigenvalue weighted by molar-refractivity contribution is 9.10. The predicted molar refractivity (Wildman–Crippen MR) is 96.1 cm³/mol. The van der Waals surface area contributed by atoms with E-state index in [-0.39, 0.29) is 17.9 Å². The van der Waals surface area contributed by atoms with Crippen LogP contribution >= 0.6 is 15.9 Å². The zero-order valence-corrected chi connectivity index (χ0v) is 15.3. The molecule has 1 aromatic carbocycles. The van der Waals surface area contributed by atoms with E-state index in [0.717, 1.165) is 19.2 Å². The SMILES string of the molecule is CN(CC(=O)c1c(N)n(C)c(=O)n(C)c1=O)Cc1ccccc1Br. The first-order valence-corrected chi connectivity index (χ1v) is 8.04. The van der Waals surface area contributed by atoms with Crippen molar-refractivity contribution in [2.75, 3.05) is 19.3 Å². The average Bonchev–Trinajstić information content (AvgIpc) is 2.53. The summed E-state index contributed by atoms with van der Waals surface area (Å²) in [6, 6.07) is 7.69. The Labute approximate surface area is 147 Å². The van der Waals surface area contributed by atoms with Gasteiger partial charge < -0.3 is 5.73 Å². The van der Waals surface area contributed by atoms with E-state index >= 15 is 0 Å². The summed E-state index contributed by atoms with van der Waals surface area (Å²) in [5.74, 6) is -0.527. The zero-order chi connectivity index (χ0) is 18.0. The number of nitrogens with two attached hydrogens (primary N) is 1. The summed E-state index contributed by atoms with van der Waals surface area (Å²) in [5, 5.41) is 0. The van der Waals surface area contributed by atoms with Gasteiger partial charge in [0.25, 0.3) is 5.56 Å². The number of likely N-dealkylation sites (N-methyl/N-ethyl adjacent to an activating group) is 1. The number of anilines is 1. The van der Waals surface area contributed by atoms with Gasteiger partial charge in [-0.1, -0.05) is 34.1 Å². The normalized spacial score (nSPS) is 11.0.